The van der Waals surface area contributed by atoms with Gasteiger partial charge >= 0.3 is 0 Å². The van der Waals surface area contributed by atoms with Gasteiger partial charge in [-0.2, -0.15) is 0 Å². The molecule has 1 aliphatic rings. The summed E-state index contributed by atoms with van der Waals surface area (Å²) in [5.41, 5.74) is 5.45. The van der Waals surface area contributed by atoms with E-state index in [0.717, 1.165) is 11.3 Å². The zero-order valence-electron chi connectivity index (χ0n) is 11.9. The molecule has 19 heavy (non-hydrogen) atoms. The summed E-state index contributed by atoms with van der Waals surface area (Å²) >= 11 is 0. The van der Waals surface area contributed by atoms with Crippen LogP contribution >= 0.6 is 0 Å². The van der Waals surface area contributed by atoms with E-state index < -0.39 is 8.07 Å². The predicted octanol–water partition coefficient (Wildman–Crippen LogP) is 2.15. The van der Waals surface area contributed by atoms with Gasteiger partial charge in [0.2, 0.25) is 5.91 Å². The van der Waals surface area contributed by atoms with Gasteiger partial charge in [-0.05, 0) is 18.6 Å². The second-order valence-electron chi connectivity index (χ2n) is 5.94. The molecule has 1 heterocycles. The third-order valence-electron chi connectivity index (χ3n) is 2.97. The molecule has 0 aromatic heterocycles. The highest BCUT2D eigenvalue weighted by atomic mass is 28.3. The van der Waals surface area contributed by atoms with Crippen LogP contribution in [0.5, 0.6) is 0 Å². The van der Waals surface area contributed by atoms with Gasteiger partial charge in [0.15, 0.2) is 0 Å². The molecule has 0 unspecified atom stereocenters. The van der Waals surface area contributed by atoms with Crippen LogP contribution in [0.15, 0.2) is 24.3 Å². The van der Waals surface area contributed by atoms with Gasteiger partial charge in [-0.1, -0.05) is 43.8 Å². The molecule has 1 fully saturated rings. The Morgan fingerprint density at radius 3 is 2.53 bits per heavy atom. The molecule has 1 aromatic carbocycles. The number of benzene rings is 1. The van der Waals surface area contributed by atoms with E-state index in [0.29, 0.717) is 0 Å². The van der Waals surface area contributed by atoms with Crippen LogP contribution in [0.1, 0.15) is 5.56 Å². The van der Waals surface area contributed by atoms with Crippen LogP contribution in [0, 0.1) is 18.4 Å². The SMILES string of the molecule is Cc1ccccc1N[C@H]1C(=O)N[C@@H]1C#C[Si](C)(C)C. The maximum Gasteiger partial charge on any atom is 0.246 e. The number of hydrogen-bond acceptors (Lipinski definition) is 2. The van der Waals surface area contributed by atoms with E-state index in [2.05, 4.69) is 41.7 Å². The molecule has 0 aliphatic carbocycles. The van der Waals surface area contributed by atoms with Crippen molar-refractivity contribution in [2.75, 3.05) is 5.32 Å². The summed E-state index contributed by atoms with van der Waals surface area (Å²) in [6, 6.07) is 7.67. The molecule has 0 saturated carbocycles. The average molecular weight is 272 g/mol. The number of aryl methyl sites for hydroxylation is 1. The lowest BCUT2D eigenvalue weighted by Crippen LogP contribution is -2.65. The summed E-state index contributed by atoms with van der Waals surface area (Å²) < 4.78 is 0. The van der Waals surface area contributed by atoms with E-state index in [-0.39, 0.29) is 18.0 Å². The Bertz CT molecular complexity index is 551. The third-order valence-corrected chi connectivity index (χ3v) is 3.87. The first-order chi connectivity index (χ1) is 8.87. The van der Waals surface area contributed by atoms with E-state index in [1.165, 1.54) is 0 Å². The number of rotatable bonds is 2. The Morgan fingerprint density at radius 2 is 1.95 bits per heavy atom. The van der Waals surface area contributed by atoms with Crippen LogP contribution in [0.2, 0.25) is 19.6 Å². The molecule has 2 atom stereocenters. The van der Waals surface area contributed by atoms with E-state index in [1.54, 1.807) is 0 Å². The highest BCUT2D eigenvalue weighted by Crippen LogP contribution is 2.18. The first kappa shape index (κ1) is 13.7. The zero-order valence-corrected chi connectivity index (χ0v) is 12.9. The first-order valence-corrected chi connectivity index (χ1v) is 10.0. The molecule has 1 amide bonds. The van der Waals surface area contributed by atoms with Crippen molar-refractivity contribution < 1.29 is 4.79 Å². The van der Waals surface area contributed by atoms with Crippen molar-refractivity contribution in [3.63, 3.8) is 0 Å². The lowest BCUT2D eigenvalue weighted by atomic mass is 9.99. The van der Waals surface area contributed by atoms with Crippen molar-refractivity contribution in [3.05, 3.63) is 29.8 Å². The number of anilines is 1. The van der Waals surface area contributed by atoms with Gasteiger partial charge < -0.3 is 10.6 Å². The van der Waals surface area contributed by atoms with Crippen LogP contribution < -0.4 is 10.6 Å². The van der Waals surface area contributed by atoms with E-state index in [1.807, 2.05) is 31.2 Å². The van der Waals surface area contributed by atoms with Crippen LogP contribution in [0.3, 0.4) is 0 Å². The highest BCUT2D eigenvalue weighted by molar-refractivity contribution is 6.83. The van der Waals surface area contributed by atoms with E-state index in [9.17, 15) is 4.79 Å². The number of hydrogen-bond donors (Lipinski definition) is 2. The molecule has 2 N–H and O–H groups in total. The van der Waals surface area contributed by atoms with Crippen molar-refractivity contribution in [1.82, 2.24) is 5.32 Å². The molecule has 0 radical (unpaired) electrons. The number of amides is 1. The number of carbonyl (C=O) groups is 1. The molecule has 0 bridgehead atoms. The molecule has 4 heteroatoms. The number of para-hydroxylation sites is 1. The standard InChI is InChI=1S/C15H20N2OSi/c1-11-7-5-6-8-12(11)16-14-13(17-15(14)18)9-10-19(2,3)4/h5-8,13-14,16H,1-4H3,(H,17,18)/t13-,14-/m1/s1. The molecule has 1 saturated heterocycles. The molecular formula is C15H20N2OSi. The lowest BCUT2D eigenvalue weighted by Gasteiger charge is -2.35. The summed E-state index contributed by atoms with van der Waals surface area (Å²) in [5.74, 6) is 3.22. The highest BCUT2D eigenvalue weighted by Gasteiger charge is 2.38. The minimum Gasteiger partial charge on any atom is -0.371 e. The quantitative estimate of drug-likeness (QED) is 0.492. The third kappa shape index (κ3) is 3.39. The largest absolute Gasteiger partial charge is 0.371 e. The molecule has 1 aromatic rings. The van der Waals surface area contributed by atoms with Gasteiger partial charge in [0.05, 0.1) is 0 Å². The fourth-order valence-electron chi connectivity index (χ4n) is 1.85. The van der Waals surface area contributed by atoms with Gasteiger partial charge in [0, 0.05) is 5.69 Å². The molecule has 100 valence electrons. The Labute approximate surface area is 115 Å². The van der Waals surface area contributed by atoms with Crippen molar-refractivity contribution in [2.45, 2.75) is 38.6 Å². The van der Waals surface area contributed by atoms with Crippen LogP contribution in [0.25, 0.3) is 0 Å². The summed E-state index contributed by atoms with van der Waals surface area (Å²) in [4.78, 5) is 11.7. The second kappa shape index (κ2) is 5.10. The molecular weight excluding hydrogens is 252 g/mol. The van der Waals surface area contributed by atoms with Gasteiger partial charge in [0.25, 0.3) is 0 Å². The van der Waals surface area contributed by atoms with Crippen LogP contribution in [-0.4, -0.2) is 26.1 Å². The zero-order chi connectivity index (χ0) is 14.0. The average Bonchev–Trinajstić information content (AvgIpc) is 2.32. The number of nitrogens with one attached hydrogen (secondary N) is 2. The Morgan fingerprint density at radius 1 is 1.26 bits per heavy atom. The summed E-state index contributed by atoms with van der Waals surface area (Å²) in [7, 11) is -1.40. The summed E-state index contributed by atoms with van der Waals surface area (Å²) in [5, 5.41) is 6.14. The van der Waals surface area contributed by atoms with Crippen molar-refractivity contribution >= 4 is 19.7 Å². The minimum absolute atomic E-state index is 0.0260. The Balaban J connectivity index is 2.09. The fourth-order valence-corrected chi connectivity index (χ4v) is 2.43. The molecule has 0 spiro atoms. The topological polar surface area (TPSA) is 41.1 Å². The van der Waals surface area contributed by atoms with E-state index >= 15 is 0 Å². The van der Waals surface area contributed by atoms with Crippen molar-refractivity contribution in [3.8, 4) is 11.5 Å². The predicted molar refractivity (Wildman–Crippen MR) is 81.6 cm³/mol. The molecule has 2 rings (SSSR count). The van der Waals surface area contributed by atoms with Gasteiger partial charge in [-0.25, -0.2) is 0 Å². The Kier molecular flexibility index (Phi) is 3.68. The van der Waals surface area contributed by atoms with Gasteiger partial charge in [-0.3, -0.25) is 4.79 Å². The maximum atomic E-state index is 11.7. The second-order valence-corrected chi connectivity index (χ2v) is 10.7. The van der Waals surface area contributed by atoms with Gasteiger partial charge in [-0.15, -0.1) is 5.54 Å². The van der Waals surface area contributed by atoms with Crippen molar-refractivity contribution in [1.29, 1.82) is 0 Å². The molecule has 1 aliphatic heterocycles. The monoisotopic (exact) mass is 272 g/mol. The first-order valence-electron chi connectivity index (χ1n) is 6.52. The van der Waals surface area contributed by atoms with Crippen LogP contribution in [0.4, 0.5) is 5.69 Å². The minimum atomic E-state index is -1.40. The Hall–Kier alpha value is -1.73. The molecule has 3 nitrogen and oxygen atoms in total. The smallest absolute Gasteiger partial charge is 0.246 e. The van der Waals surface area contributed by atoms with Crippen LogP contribution in [-0.2, 0) is 4.79 Å². The van der Waals surface area contributed by atoms with Gasteiger partial charge in [0.1, 0.15) is 20.2 Å². The van der Waals surface area contributed by atoms with Crippen molar-refractivity contribution in [2.24, 2.45) is 0 Å². The summed E-state index contributed by atoms with van der Waals surface area (Å²) in [6.07, 6.45) is 0. The number of β-lactam (4-membered cyclic amide) rings is 1. The maximum absolute atomic E-state index is 11.7. The summed E-state index contributed by atoms with van der Waals surface area (Å²) in [6.45, 7) is 8.63. The normalized spacial score (nSPS) is 21.8. The lowest BCUT2D eigenvalue weighted by molar-refractivity contribution is -0.128. The fraction of sp³-hybridized carbons (Fsp3) is 0.400. The van der Waals surface area contributed by atoms with E-state index in [4.69, 9.17) is 0 Å². The number of carbonyl (C=O) groups excluding carboxylic acids is 1.